The molecule has 7 heteroatoms. The first-order valence-corrected chi connectivity index (χ1v) is 11.6. The zero-order valence-corrected chi connectivity index (χ0v) is 21.2. The molecular weight excluding hydrogens is 588 g/mol. The second kappa shape index (κ2) is 10.8. The number of aryl methyl sites for hydroxylation is 1. The number of nitriles is 1. The first kappa shape index (κ1) is 23.3. The average molecular weight is 605 g/mol. The summed E-state index contributed by atoms with van der Waals surface area (Å²) in [5.41, 5.74) is 3.20. The lowest BCUT2D eigenvalue weighted by molar-refractivity contribution is -0.112. The average Bonchev–Trinajstić information content (AvgIpc) is 2.74. The van der Waals surface area contributed by atoms with Gasteiger partial charge in [-0.2, -0.15) is 5.26 Å². The molecule has 1 amide bonds. The number of halogens is 3. The van der Waals surface area contributed by atoms with Gasteiger partial charge in [0.1, 0.15) is 24.0 Å². The molecule has 0 unspecified atom stereocenters. The van der Waals surface area contributed by atoms with Gasteiger partial charge in [-0.05, 0) is 86.3 Å². The summed E-state index contributed by atoms with van der Waals surface area (Å²) < 4.78 is 8.21. The fourth-order valence-corrected chi connectivity index (χ4v) is 4.80. The number of nitrogens with one attached hydrogen (secondary N) is 1. The predicted molar refractivity (Wildman–Crippen MR) is 134 cm³/mol. The van der Waals surface area contributed by atoms with Gasteiger partial charge in [0.15, 0.2) is 0 Å². The maximum atomic E-state index is 12.8. The summed E-state index contributed by atoms with van der Waals surface area (Å²) in [6.07, 6.45) is 1.52. The second-order valence-corrected chi connectivity index (χ2v) is 9.31. The molecule has 0 aliphatic rings. The van der Waals surface area contributed by atoms with Gasteiger partial charge in [0.2, 0.25) is 0 Å². The molecule has 3 rings (SSSR count). The van der Waals surface area contributed by atoms with E-state index in [0.717, 1.165) is 24.5 Å². The third-order valence-electron chi connectivity index (χ3n) is 4.30. The van der Waals surface area contributed by atoms with Gasteiger partial charge in [0.05, 0.1) is 5.69 Å². The van der Waals surface area contributed by atoms with Crippen molar-refractivity contribution in [3.05, 3.63) is 96.3 Å². The second-order valence-electron chi connectivity index (χ2n) is 6.68. The van der Waals surface area contributed by atoms with E-state index in [4.69, 9.17) is 4.74 Å². The van der Waals surface area contributed by atoms with E-state index in [1.165, 1.54) is 6.08 Å². The molecule has 31 heavy (non-hydrogen) atoms. The molecule has 0 heterocycles. The number of benzene rings is 3. The largest absolute Gasteiger partial charge is 0.488 e. The van der Waals surface area contributed by atoms with Crippen LogP contribution >= 0.6 is 47.8 Å². The van der Waals surface area contributed by atoms with Crippen molar-refractivity contribution >= 4 is 65.5 Å². The van der Waals surface area contributed by atoms with Crippen LogP contribution in [-0.2, 0) is 11.4 Å². The molecule has 3 aromatic carbocycles. The lowest BCUT2D eigenvalue weighted by Crippen LogP contribution is -2.14. The number of nitrogens with zero attached hydrogens (tertiary/aromatic N) is 1. The molecule has 0 spiro atoms. The Labute approximate surface area is 206 Å². The van der Waals surface area contributed by atoms with Crippen LogP contribution in [-0.4, -0.2) is 5.91 Å². The summed E-state index contributed by atoms with van der Waals surface area (Å²) in [5, 5.41) is 12.4. The monoisotopic (exact) mass is 602 g/mol. The molecule has 4 nitrogen and oxygen atoms in total. The number of amides is 1. The summed E-state index contributed by atoms with van der Waals surface area (Å²) in [7, 11) is 0. The Morgan fingerprint density at radius 3 is 2.39 bits per heavy atom. The number of hydrogen-bond donors (Lipinski definition) is 1. The molecule has 1 N–H and O–H groups in total. The van der Waals surface area contributed by atoms with Gasteiger partial charge < -0.3 is 10.1 Å². The lowest BCUT2D eigenvalue weighted by Gasteiger charge is -2.12. The van der Waals surface area contributed by atoms with Crippen LogP contribution in [0.5, 0.6) is 5.75 Å². The van der Waals surface area contributed by atoms with Gasteiger partial charge >= 0.3 is 0 Å². The Bertz CT molecular complexity index is 1160. The minimum absolute atomic E-state index is 0.0398. The zero-order valence-electron chi connectivity index (χ0n) is 16.5. The van der Waals surface area contributed by atoms with Crippen molar-refractivity contribution in [2.45, 2.75) is 13.5 Å². The van der Waals surface area contributed by atoms with E-state index in [-0.39, 0.29) is 5.57 Å². The standard InChI is InChI=1S/C24H17Br3N2O2/c1-15-9-20(26)23(21(27)10-15)29-24(30)18(13-28)11-17-12-19(25)7-8-22(17)31-14-16-5-3-2-4-6-16/h2-12H,14H2,1H3,(H,29,30)/b18-11+. The number of hydrogen-bond acceptors (Lipinski definition) is 3. The molecule has 0 aromatic heterocycles. The Morgan fingerprint density at radius 1 is 1.06 bits per heavy atom. The first-order chi connectivity index (χ1) is 14.9. The van der Waals surface area contributed by atoms with E-state index >= 15 is 0 Å². The normalized spacial score (nSPS) is 11.0. The maximum Gasteiger partial charge on any atom is 0.266 e. The topological polar surface area (TPSA) is 62.1 Å². The minimum atomic E-state index is -0.512. The van der Waals surface area contributed by atoms with E-state index in [1.807, 2.05) is 67.6 Å². The summed E-state index contributed by atoms with van der Waals surface area (Å²) in [4.78, 5) is 12.8. The zero-order chi connectivity index (χ0) is 22.4. The molecule has 0 aliphatic heterocycles. The molecular formula is C24H17Br3N2O2. The van der Waals surface area contributed by atoms with Gasteiger partial charge in [0, 0.05) is 19.0 Å². The van der Waals surface area contributed by atoms with Crippen molar-refractivity contribution in [3.8, 4) is 11.8 Å². The Hall–Kier alpha value is -2.40. The van der Waals surface area contributed by atoms with E-state index in [2.05, 4.69) is 53.1 Å². The van der Waals surface area contributed by atoms with Crippen LogP contribution in [0.2, 0.25) is 0 Å². The number of ether oxygens (including phenoxy) is 1. The Morgan fingerprint density at radius 2 is 1.74 bits per heavy atom. The van der Waals surface area contributed by atoms with Crippen LogP contribution in [0.3, 0.4) is 0 Å². The number of anilines is 1. The molecule has 0 fully saturated rings. The van der Waals surface area contributed by atoms with Crippen LogP contribution in [0, 0.1) is 18.3 Å². The summed E-state index contributed by atoms with van der Waals surface area (Å²) >= 11 is 10.3. The smallest absolute Gasteiger partial charge is 0.266 e. The van der Waals surface area contributed by atoms with Gasteiger partial charge in [0.25, 0.3) is 5.91 Å². The quantitative estimate of drug-likeness (QED) is 0.235. The van der Waals surface area contributed by atoms with Crippen molar-refractivity contribution in [2.75, 3.05) is 5.32 Å². The van der Waals surface area contributed by atoms with E-state index in [1.54, 1.807) is 6.07 Å². The Kier molecular flexibility index (Phi) is 8.08. The van der Waals surface area contributed by atoms with Gasteiger partial charge in [-0.15, -0.1) is 0 Å². The van der Waals surface area contributed by atoms with E-state index in [0.29, 0.717) is 23.6 Å². The highest BCUT2D eigenvalue weighted by atomic mass is 79.9. The molecule has 0 bridgehead atoms. The molecule has 0 saturated heterocycles. The number of carbonyl (C=O) groups excluding carboxylic acids is 1. The van der Waals surface area contributed by atoms with Crippen molar-refractivity contribution < 1.29 is 9.53 Å². The fraction of sp³-hybridized carbons (Fsp3) is 0.0833. The van der Waals surface area contributed by atoms with Gasteiger partial charge in [-0.1, -0.05) is 46.3 Å². The molecule has 0 aliphatic carbocycles. The number of carbonyl (C=O) groups is 1. The third-order valence-corrected chi connectivity index (χ3v) is 6.04. The highest BCUT2D eigenvalue weighted by molar-refractivity contribution is 9.11. The minimum Gasteiger partial charge on any atom is -0.488 e. The van der Waals surface area contributed by atoms with Crippen molar-refractivity contribution in [3.63, 3.8) is 0 Å². The van der Waals surface area contributed by atoms with Crippen LogP contribution < -0.4 is 10.1 Å². The van der Waals surface area contributed by atoms with E-state index in [9.17, 15) is 10.1 Å². The van der Waals surface area contributed by atoms with Crippen LogP contribution in [0.25, 0.3) is 6.08 Å². The third kappa shape index (κ3) is 6.30. The highest BCUT2D eigenvalue weighted by Gasteiger charge is 2.15. The molecule has 0 radical (unpaired) electrons. The molecule has 156 valence electrons. The van der Waals surface area contributed by atoms with Crippen LogP contribution in [0.15, 0.2) is 79.7 Å². The molecule has 3 aromatic rings. The lowest BCUT2D eigenvalue weighted by atomic mass is 10.1. The molecule has 0 atom stereocenters. The first-order valence-electron chi connectivity index (χ1n) is 9.22. The van der Waals surface area contributed by atoms with Crippen LogP contribution in [0.1, 0.15) is 16.7 Å². The molecule has 0 saturated carbocycles. The van der Waals surface area contributed by atoms with E-state index < -0.39 is 5.91 Å². The van der Waals surface area contributed by atoms with Crippen LogP contribution in [0.4, 0.5) is 5.69 Å². The summed E-state index contributed by atoms with van der Waals surface area (Å²) in [6, 6.07) is 21.0. The van der Waals surface area contributed by atoms with Crippen molar-refractivity contribution in [1.82, 2.24) is 0 Å². The summed E-state index contributed by atoms with van der Waals surface area (Å²) in [6.45, 7) is 2.33. The predicted octanol–water partition coefficient (Wildman–Crippen LogP) is 7.41. The van der Waals surface area contributed by atoms with Gasteiger partial charge in [-0.3, -0.25) is 4.79 Å². The Balaban J connectivity index is 1.87. The number of rotatable bonds is 6. The van der Waals surface area contributed by atoms with Crippen molar-refractivity contribution in [2.24, 2.45) is 0 Å². The van der Waals surface area contributed by atoms with Gasteiger partial charge in [-0.25, -0.2) is 0 Å². The maximum absolute atomic E-state index is 12.8. The fourth-order valence-electron chi connectivity index (χ4n) is 2.80. The SMILES string of the molecule is Cc1cc(Br)c(NC(=O)/C(C#N)=C/c2cc(Br)ccc2OCc2ccccc2)c(Br)c1. The summed E-state index contributed by atoms with van der Waals surface area (Å²) in [5.74, 6) is 0.0621. The van der Waals surface area contributed by atoms with Crippen molar-refractivity contribution in [1.29, 1.82) is 5.26 Å². The highest BCUT2D eigenvalue weighted by Crippen LogP contribution is 2.33.